The largest absolute Gasteiger partial charge is 0.393 e. The number of hydrogen-bond donors (Lipinski definition) is 2. The van der Waals surface area contributed by atoms with E-state index in [2.05, 4.69) is 5.32 Å². The summed E-state index contributed by atoms with van der Waals surface area (Å²) in [7, 11) is 1.68. The Bertz CT molecular complexity index is 430. The summed E-state index contributed by atoms with van der Waals surface area (Å²) in [5.41, 5.74) is 0.425. The fraction of sp³-hybridized carbons (Fsp3) is 0.583. The number of nitrogens with zero attached hydrogens (tertiary/aromatic N) is 1. The summed E-state index contributed by atoms with van der Waals surface area (Å²) in [6.45, 7) is 4.21. The Morgan fingerprint density at radius 3 is 2.56 bits per heavy atom. The number of aliphatic hydroxyl groups excluding tert-OH is 1. The average molecular weight is 293 g/mol. The number of carbonyl (C=O) groups excluding carboxylic acids is 1. The molecule has 4 nitrogen and oxygen atoms in total. The highest BCUT2D eigenvalue weighted by molar-refractivity contribution is 6.41. The Labute approximate surface area is 117 Å². The monoisotopic (exact) mass is 292 g/mol. The molecule has 0 aromatic carbocycles. The van der Waals surface area contributed by atoms with Crippen LogP contribution in [0.2, 0.25) is 10.2 Å². The van der Waals surface area contributed by atoms with Crippen LogP contribution >= 0.6 is 23.2 Å². The van der Waals surface area contributed by atoms with Crippen LogP contribution in [0.15, 0.2) is 6.07 Å². The maximum absolute atomic E-state index is 11.9. The number of halogens is 2. The van der Waals surface area contributed by atoms with Crippen LogP contribution in [0.4, 0.5) is 0 Å². The minimum absolute atomic E-state index is 0.208. The molecule has 0 aliphatic heterocycles. The fourth-order valence-corrected chi connectivity index (χ4v) is 2.16. The first kappa shape index (κ1) is 15.3. The van der Waals surface area contributed by atoms with Crippen LogP contribution in [-0.4, -0.2) is 28.2 Å². The number of rotatable bonds is 5. The second-order valence-electron chi connectivity index (χ2n) is 4.63. The molecule has 0 fully saturated rings. The number of nitrogens with one attached hydrogen (secondary N) is 1. The highest BCUT2D eigenvalue weighted by atomic mass is 35.5. The van der Waals surface area contributed by atoms with Gasteiger partial charge in [-0.15, -0.1) is 0 Å². The van der Waals surface area contributed by atoms with Gasteiger partial charge in [-0.05, 0) is 25.3 Å². The molecule has 0 radical (unpaired) electrons. The molecule has 0 saturated heterocycles. The van der Waals surface area contributed by atoms with Crippen molar-refractivity contribution in [1.29, 1.82) is 0 Å². The van der Waals surface area contributed by atoms with Crippen molar-refractivity contribution in [2.24, 2.45) is 13.0 Å². The first-order chi connectivity index (χ1) is 8.32. The van der Waals surface area contributed by atoms with Crippen molar-refractivity contribution in [2.75, 3.05) is 6.54 Å². The third-order valence-corrected chi connectivity index (χ3v) is 3.55. The normalized spacial score (nSPS) is 14.3. The van der Waals surface area contributed by atoms with Crippen molar-refractivity contribution in [2.45, 2.75) is 26.4 Å². The number of aromatic nitrogens is 1. The highest BCUT2D eigenvalue weighted by Crippen LogP contribution is 2.24. The molecule has 1 rings (SSSR count). The summed E-state index contributed by atoms with van der Waals surface area (Å²) in [4.78, 5) is 11.9. The van der Waals surface area contributed by atoms with E-state index >= 15 is 0 Å². The van der Waals surface area contributed by atoms with Crippen LogP contribution in [0.1, 0.15) is 30.8 Å². The Hall–Kier alpha value is -0.710. The maximum atomic E-state index is 11.9. The van der Waals surface area contributed by atoms with Crippen molar-refractivity contribution in [1.82, 2.24) is 9.88 Å². The standard InChI is InChI=1S/C12H18Cl2N2O2/c1-7(4-8(2)17)6-15-12(18)10-5-9(13)11(14)16(10)3/h5,7-8,17H,4,6H2,1-3H3,(H,15,18). The SMILES string of the molecule is CC(O)CC(C)CNC(=O)c1cc(Cl)c(Cl)n1C. The lowest BCUT2D eigenvalue weighted by molar-refractivity contribution is 0.0931. The van der Waals surface area contributed by atoms with Gasteiger partial charge in [0.1, 0.15) is 10.8 Å². The van der Waals surface area contributed by atoms with Gasteiger partial charge in [0.05, 0.1) is 11.1 Å². The Morgan fingerprint density at radius 1 is 1.50 bits per heavy atom. The van der Waals surface area contributed by atoms with Crippen LogP contribution in [0, 0.1) is 5.92 Å². The molecule has 102 valence electrons. The third kappa shape index (κ3) is 3.90. The third-order valence-electron chi connectivity index (χ3n) is 2.70. The average Bonchev–Trinajstić information content (AvgIpc) is 2.53. The summed E-state index contributed by atoms with van der Waals surface area (Å²) >= 11 is 11.7. The predicted octanol–water partition coefficient (Wildman–Crippen LogP) is 2.47. The van der Waals surface area contributed by atoms with E-state index in [9.17, 15) is 9.90 Å². The molecule has 1 heterocycles. The van der Waals surface area contributed by atoms with Crippen LogP contribution in [0.25, 0.3) is 0 Å². The van der Waals surface area contributed by atoms with Gasteiger partial charge in [0.15, 0.2) is 0 Å². The summed E-state index contributed by atoms with van der Waals surface area (Å²) in [5, 5.41) is 12.7. The van der Waals surface area contributed by atoms with Crippen molar-refractivity contribution < 1.29 is 9.90 Å². The lowest BCUT2D eigenvalue weighted by atomic mass is 10.0. The second-order valence-corrected chi connectivity index (χ2v) is 5.39. The first-order valence-corrected chi connectivity index (χ1v) is 6.55. The molecule has 1 aromatic rings. The summed E-state index contributed by atoms with van der Waals surface area (Å²) in [6.07, 6.45) is 0.283. The molecule has 1 amide bonds. The maximum Gasteiger partial charge on any atom is 0.267 e. The molecule has 18 heavy (non-hydrogen) atoms. The smallest absolute Gasteiger partial charge is 0.267 e. The number of amides is 1. The summed E-state index contributed by atoms with van der Waals surface area (Å²) in [6, 6.07) is 1.54. The zero-order valence-electron chi connectivity index (χ0n) is 10.7. The van der Waals surface area contributed by atoms with E-state index < -0.39 is 0 Å². The van der Waals surface area contributed by atoms with E-state index in [0.29, 0.717) is 28.8 Å². The molecule has 0 aliphatic rings. The quantitative estimate of drug-likeness (QED) is 0.876. The van der Waals surface area contributed by atoms with Crippen molar-refractivity contribution in [3.8, 4) is 0 Å². The van der Waals surface area contributed by atoms with Crippen LogP contribution < -0.4 is 5.32 Å². The lowest BCUT2D eigenvalue weighted by Crippen LogP contribution is -2.30. The topological polar surface area (TPSA) is 54.3 Å². The molecule has 0 bridgehead atoms. The van der Waals surface area contributed by atoms with Gasteiger partial charge in [0.2, 0.25) is 0 Å². The molecule has 2 N–H and O–H groups in total. The first-order valence-electron chi connectivity index (χ1n) is 5.80. The predicted molar refractivity (Wildman–Crippen MR) is 73.2 cm³/mol. The lowest BCUT2D eigenvalue weighted by Gasteiger charge is -2.14. The minimum Gasteiger partial charge on any atom is -0.393 e. The van der Waals surface area contributed by atoms with E-state index in [-0.39, 0.29) is 17.9 Å². The van der Waals surface area contributed by atoms with E-state index in [4.69, 9.17) is 23.2 Å². The number of aliphatic hydroxyl groups is 1. The zero-order chi connectivity index (χ0) is 13.9. The van der Waals surface area contributed by atoms with Crippen molar-refractivity contribution >= 4 is 29.1 Å². The van der Waals surface area contributed by atoms with Gasteiger partial charge in [-0.25, -0.2) is 0 Å². The van der Waals surface area contributed by atoms with E-state index in [1.165, 1.54) is 0 Å². The summed E-state index contributed by atoms with van der Waals surface area (Å²) in [5.74, 6) is -0.0103. The van der Waals surface area contributed by atoms with Crippen molar-refractivity contribution in [3.05, 3.63) is 21.9 Å². The van der Waals surface area contributed by atoms with Gasteiger partial charge in [-0.2, -0.15) is 0 Å². The van der Waals surface area contributed by atoms with Crippen LogP contribution in [-0.2, 0) is 7.05 Å². The second kappa shape index (κ2) is 6.45. The molecular formula is C12H18Cl2N2O2. The molecular weight excluding hydrogens is 275 g/mol. The minimum atomic E-state index is -0.365. The Kier molecular flexibility index (Phi) is 5.50. The Balaban J connectivity index is 2.58. The molecule has 0 spiro atoms. The van der Waals surface area contributed by atoms with E-state index in [0.717, 1.165) is 0 Å². The van der Waals surface area contributed by atoms with Gasteiger partial charge in [0, 0.05) is 13.6 Å². The molecule has 2 unspecified atom stereocenters. The molecule has 0 saturated carbocycles. The van der Waals surface area contributed by atoms with Gasteiger partial charge in [-0.3, -0.25) is 4.79 Å². The van der Waals surface area contributed by atoms with E-state index in [1.807, 2.05) is 6.92 Å². The highest BCUT2D eigenvalue weighted by Gasteiger charge is 2.16. The Morgan fingerprint density at radius 2 is 2.11 bits per heavy atom. The van der Waals surface area contributed by atoms with Crippen molar-refractivity contribution in [3.63, 3.8) is 0 Å². The summed E-state index contributed by atoms with van der Waals surface area (Å²) < 4.78 is 1.54. The van der Waals surface area contributed by atoms with Gasteiger partial charge < -0.3 is 15.0 Å². The van der Waals surface area contributed by atoms with Crippen LogP contribution in [0.5, 0.6) is 0 Å². The number of carbonyl (C=O) groups is 1. The van der Waals surface area contributed by atoms with E-state index in [1.54, 1.807) is 24.6 Å². The molecule has 6 heteroatoms. The van der Waals surface area contributed by atoms with Gasteiger partial charge in [-0.1, -0.05) is 30.1 Å². The molecule has 2 atom stereocenters. The van der Waals surface area contributed by atoms with Gasteiger partial charge in [0.25, 0.3) is 5.91 Å². The zero-order valence-corrected chi connectivity index (χ0v) is 12.2. The molecule has 0 aliphatic carbocycles. The van der Waals surface area contributed by atoms with Gasteiger partial charge >= 0.3 is 0 Å². The fourth-order valence-electron chi connectivity index (χ4n) is 1.78. The number of hydrogen-bond acceptors (Lipinski definition) is 2. The van der Waals surface area contributed by atoms with Crippen LogP contribution in [0.3, 0.4) is 0 Å². The molecule has 1 aromatic heterocycles.